The van der Waals surface area contributed by atoms with Gasteiger partial charge in [0.15, 0.2) is 0 Å². The first-order valence-corrected chi connectivity index (χ1v) is 8.47. The van der Waals surface area contributed by atoms with E-state index in [4.69, 9.17) is 9.26 Å². The van der Waals surface area contributed by atoms with Crippen molar-refractivity contribution in [3.63, 3.8) is 0 Å². The number of hydrogen-bond donors (Lipinski definition) is 1. The fraction of sp³-hybridized carbons (Fsp3) is 0.444. The van der Waals surface area contributed by atoms with Gasteiger partial charge in [0.1, 0.15) is 5.76 Å². The maximum absolute atomic E-state index is 12.7. The molecule has 6 nitrogen and oxygen atoms in total. The maximum atomic E-state index is 12.7. The lowest BCUT2D eigenvalue weighted by molar-refractivity contribution is -0.137. The van der Waals surface area contributed by atoms with Gasteiger partial charge >= 0.3 is 12.3 Å². The highest BCUT2D eigenvalue weighted by molar-refractivity contribution is 5.68. The van der Waals surface area contributed by atoms with Crippen LogP contribution in [0.5, 0.6) is 0 Å². The van der Waals surface area contributed by atoms with Crippen molar-refractivity contribution >= 4 is 6.09 Å². The van der Waals surface area contributed by atoms with E-state index in [1.807, 2.05) is 0 Å². The van der Waals surface area contributed by atoms with Gasteiger partial charge in [0, 0.05) is 24.6 Å². The molecule has 1 aromatic heterocycles. The van der Waals surface area contributed by atoms with E-state index < -0.39 is 17.8 Å². The van der Waals surface area contributed by atoms with Gasteiger partial charge in [-0.25, -0.2) is 4.79 Å². The third kappa shape index (κ3) is 4.35. The molecule has 0 aliphatic carbocycles. The maximum Gasteiger partial charge on any atom is 0.416 e. The number of benzene rings is 1. The predicted molar refractivity (Wildman–Crippen MR) is 89.4 cm³/mol. The molecule has 1 aliphatic rings. The minimum Gasteiger partial charge on any atom is -0.453 e. The summed E-state index contributed by atoms with van der Waals surface area (Å²) in [4.78, 5) is 25.0. The van der Waals surface area contributed by atoms with Crippen molar-refractivity contribution in [3.05, 3.63) is 57.6 Å². The average Bonchev–Trinajstić information content (AvgIpc) is 3.07. The highest BCUT2D eigenvalue weighted by Crippen LogP contribution is 2.34. The highest BCUT2D eigenvalue weighted by Gasteiger charge is 2.35. The number of amides is 1. The molecule has 2 atom stereocenters. The monoisotopic (exact) mass is 384 g/mol. The van der Waals surface area contributed by atoms with Crippen molar-refractivity contribution in [3.8, 4) is 0 Å². The van der Waals surface area contributed by atoms with Crippen molar-refractivity contribution in [2.45, 2.75) is 37.4 Å². The summed E-state index contributed by atoms with van der Waals surface area (Å²) >= 11 is 0. The van der Waals surface area contributed by atoms with Crippen molar-refractivity contribution in [1.29, 1.82) is 0 Å². The molecule has 1 aromatic carbocycles. The lowest BCUT2D eigenvalue weighted by Crippen LogP contribution is -2.46. The van der Waals surface area contributed by atoms with Gasteiger partial charge in [-0.1, -0.05) is 12.1 Å². The van der Waals surface area contributed by atoms with Crippen LogP contribution in [0.3, 0.4) is 0 Å². The zero-order valence-corrected chi connectivity index (χ0v) is 14.6. The Balaban J connectivity index is 1.79. The molecule has 0 saturated carbocycles. The fourth-order valence-electron chi connectivity index (χ4n) is 3.46. The summed E-state index contributed by atoms with van der Waals surface area (Å²) in [5, 5.41) is 2.25. The van der Waals surface area contributed by atoms with Gasteiger partial charge in [0.05, 0.1) is 12.7 Å². The predicted octanol–water partition coefficient (Wildman–Crippen LogP) is 3.54. The van der Waals surface area contributed by atoms with Crippen LogP contribution in [0, 0.1) is 0 Å². The van der Waals surface area contributed by atoms with Crippen LogP contribution in [0.2, 0.25) is 0 Å². The number of rotatable bonds is 3. The minimum absolute atomic E-state index is 0.0655. The molecule has 0 bridgehead atoms. The number of carbonyl (C=O) groups excluding carboxylic acids is 1. The van der Waals surface area contributed by atoms with E-state index in [9.17, 15) is 22.8 Å². The topological polar surface area (TPSA) is 75.5 Å². The van der Waals surface area contributed by atoms with Crippen LogP contribution in [0.4, 0.5) is 18.0 Å². The lowest BCUT2D eigenvalue weighted by Gasteiger charge is -2.38. The normalized spacial score (nSPS) is 20.5. The van der Waals surface area contributed by atoms with E-state index in [-0.39, 0.29) is 17.5 Å². The summed E-state index contributed by atoms with van der Waals surface area (Å²) in [6, 6.07) is 5.99. The van der Waals surface area contributed by atoms with Gasteiger partial charge in [-0.3, -0.25) is 4.79 Å². The van der Waals surface area contributed by atoms with Crippen LogP contribution < -0.4 is 5.56 Å². The number of ether oxygens (including phenoxy) is 1. The highest BCUT2D eigenvalue weighted by atomic mass is 19.4. The first-order valence-electron chi connectivity index (χ1n) is 8.47. The Morgan fingerprint density at radius 3 is 2.59 bits per heavy atom. The number of halogens is 3. The van der Waals surface area contributed by atoms with Gasteiger partial charge in [-0.15, -0.1) is 0 Å². The molecule has 1 aliphatic heterocycles. The van der Waals surface area contributed by atoms with Crippen LogP contribution in [0.1, 0.15) is 35.6 Å². The quantitative estimate of drug-likeness (QED) is 0.878. The number of hydrogen-bond acceptors (Lipinski definition) is 4. The number of nitrogens with one attached hydrogen (secondary N) is 1. The van der Waals surface area contributed by atoms with Crippen molar-refractivity contribution in [1.82, 2.24) is 10.1 Å². The molecule has 9 heteroatoms. The van der Waals surface area contributed by atoms with E-state index in [2.05, 4.69) is 5.16 Å². The molecule has 27 heavy (non-hydrogen) atoms. The number of carbonyl (C=O) groups is 1. The molecule has 0 unspecified atom stereocenters. The second kappa shape index (κ2) is 7.50. The summed E-state index contributed by atoms with van der Waals surface area (Å²) in [7, 11) is 1.29. The number of aromatic amines is 1. The standard InChI is InChI=1S/C18H19F3N2O4/c1-26-17(25)23-7-6-12(15-10-16(24)22-27-15)9-14(23)8-11-2-4-13(5-3-11)18(19,20)21/h2-5,10,12,14H,6-9H2,1H3,(H,22,24)/t12-,14-/m0/s1. The fourth-order valence-corrected chi connectivity index (χ4v) is 3.46. The SMILES string of the molecule is COC(=O)N1CC[C@H](c2cc(=O)[nH]o2)C[C@@H]1Cc1ccc(C(F)(F)F)cc1. The first-order chi connectivity index (χ1) is 12.8. The number of likely N-dealkylation sites (tertiary alicyclic amines) is 1. The molecule has 1 amide bonds. The van der Waals surface area contributed by atoms with E-state index >= 15 is 0 Å². The Kier molecular flexibility index (Phi) is 5.29. The zero-order chi connectivity index (χ0) is 19.6. The Morgan fingerprint density at radius 1 is 1.33 bits per heavy atom. The van der Waals surface area contributed by atoms with Gasteiger partial charge in [0.25, 0.3) is 5.56 Å². The molecule has 2 heterocycles. The molecule has 146 valence electrons. The number of H-pyrrole nitrogens is 1. The van der Waals surface area contributed by atoms with Crippen LogP contribution in [-0.4, -0.2) is 35.8 Å². The molecular formula is C18H19F3N2O4. The van der Waals surface area contributed by atoms with Gasteiger partial charge in [-0.2, -0.15) is 18.3 Å². The molecular weight excluding hydrogens is 365 g/mol. The Morgan fingerprint density at radius 2 is 2.04 bits per heavy atom. The minimum atomic E-state index is -4.39. The summed E-state index contributed by atoms with van der Waals surface area (Å²) in [6.45, 7) is 0.400. The lowest BCUT2D eigenvalue weighted by atomic mass is 9.86. The third-order valence-corrected chi connectivity index (χ3v) is 4.82. The number of aromatic nitrogens is 1. The number of piperidine rings is 1. The average molecular weight is 384 g/mol. The molecule has 1 N–H and O–H groups in total. The molecule has 1 fully saturated rings. The summed E-state index contributed by atoms with van der Waals surface area (Å²) in [5.74, 6) is 0.450. The first kappa shape index (κ1) is 19.1. The van der Waals surface area contributed by atoms with Crippen LogP contribution in [0.25, 0.3) is 0 Å². The van der Waals surface area contributed by atoms with E-state index in [1.54, 1.807) is 4.90 Å². The van der Waals surface area contributed by atoms with E-state index in [0.717, 1.165) is 12.1 Å². The smallest absolute Gasteiger partial charge is 0.416 e. The molecule has 2 aromatic rings. The Hall–Kier alpha value is -2.71. The summed E-state index contributed by atoms with van der Waals surface area (Å²) < 4.78 is 48.2. The molecule has 0 spiro atoms. The van der Waals surface area contributed by atoms with E-state index in [1.165, 1.54) is 25.3 Å². The zero-order valence-electron chi connectivity index (χ0n) is 14.6. The van der Waals surface area contributed by atoms with Crippen LogP contribution in [0.15, 0.2) is 39.6 Å². The van der Waals surface area contributed by atoms with E-state index in [0.29, 0.717) is 37.1 Å². The summed E-state index contributed by atoms with van der Waals surface area (Å²) in [6.07, 6.45) is -3.39. The molecule has 3 rings (SSSR count). The molecule has 1 saturated heterocycles. The second-order valence-electron chi connectivity index (χ2n) is 6.55. The number of alkyl halides is 3. The van der Waals surface area contributed by atoms with Gasteiger partial charge in [0.2, 0.25) is 0 Å². The second-order valence-corrected chi connectivity index (χ2v) is 6.55. The van der Waals surface area contributed by atoms with Crippen molar-refractivity contribution < 1.29 is 27.2 Å². The van der Waals surface area contributed by atoms with Crippen molar-refractivity contribution in [2.75, 3.05) is 13.7 Å². The van der Waals surface area contributed by atoms with Crippen LogP contribution >= 0.6 is 0 Å². The Bertz CT molecular complexity index is 841. The third-order valence-electron chi connectivity index (χ3n) is 4.82. The van der Waals surface area contributed by atoms with Gasteiger partial charge < -0.3 is 14.2 Å². The summed E-state index contributed by atoms with van der Waals surface area (Å²) in [5.41, 5.74) is -0.371. The Labute approximate surface area is 152 Å². The number of methoxy groups -OCH3 is 1. The largest absolute Gasteiger partial charge is 0.453 e. The van der Waals surface area contributed by atoms with Crippen molar-refractivity contribution in [2.24, 2.45) is 0 Å². The van der Waals surface area contributed by atoms with Gasteiger partial charge in [-0.05, 0) is 37.0 Å². The molecule has 0 radical (unpaired) electrons. The number of nitrogens with zero attached hydrogens (tertiary/aromatic N) is 1. The van der Waals surface area contributed by atoms with Crippen LogP contribution in [-0.2, 0) is 17.3 Å².